The molecule has 0 aliphatic rings. The SMILES string of the molecule is CCC(C)P(=O)(OC)c1ccccc1. The molecule has 0 saturated heterocycles. The van der Waals surface area contributed by atoms with Crippen molar-refractivity contribution < 1.29 is 9.09 Å². The summed E-state index contributed by atoms with van der Waals surface area (Å²) in [6.07, 6.45) is 0.861. The Hall–Kier alpha value is -0.590. The Morgan fingerprint density at radius 2 is 1.93 bits per heavy atom. The molecule has 2 unspecified atom stereocenters. The van der Waals surface area contributed by atoms with Gasteiger partial charge in [0.2, 0.25) is 7.37 Å². The van der Waals surface area contributed by atoms with Gasteiger partial charge in [0.25, 0.3) is 0 Å². The van der Waals surface area contributed by atoms with Crippen LogP contribution >= 0.6 is 7.37 Å². The molecular formula is C11H17O2P. The Bertz CT molecular complexity index is 321. The van der Waals surface area contributed by atoms with E-state index in [9.17, 15) is 4.57 Å². The minimum atomic E-state index is -2.64. The van der Waals surface area contributed by atoms with Crippen LogP contribution in [0.25, 0.3) is 0 Å². The van der Waals surface area contributed by atoms with Crippen molar-refractivity contribution in [2.75, 3.05) is 7.11 Å². The molecular weight excluding hydrogens is 195 g/mol. The van der Waals surface area contributed by atoms with Gasteiger partial charge in [0, 0.05) is 18.1 Å². The zero-order chi connectivity index (χ0) is 10.6. The average molecular weight is 212 g/mol. The lowest BCUT2D eigenvalue weighted by molar-refractivity contribution is 0.393. The van der Waals surface area contributed by atoms with Crippen LogP contribution in [0, 0.1) is 0 Å². The molecule has 0 aliphatic carbocycles. The average Bonchev–Trinajstić information content (AvgIpc) is 2.28. The first-order chi connectivity index (χ1) is 6.65. The van der Waals surface area contributed by atoms with Gasteiger partial charge in [0.15, 0.2) is 0 Å². The highest BCUT2D eigenvalue weighted by atomic mass is 31.2. The minimum Gasteiger partial charge on any atom is -0.328 e. The molecule has 0 heterocycles. The van der Waals surface area contributed by atoms with Crippen LogP contribution in [0.15, 0.2) is 30.3 Å². The Morgan fingerprint density at radius 1 is 1.36 bits per heavy atom. The van der Waals surface area contributed by atoms with Gasteiger partial charge in [-0.25, -0.2) is 0 Å². The molecule has 14 heavy (non-hydrogen) atoms. The van der Waals surface area contributed by atoms with Crippen molar-refractivity contribution in [2.24, 2.45) is 0 Å². The zero-order valence-corrected chi connectivity index (χ0v) is 9.83. The molecule has 1 rings (SSSR count). The smallest absolute Gasteiger partial charge is 0.234 e. The fraction of sp³-hybridized carbons (Fsp3) is 0.455. The number of benzene rings is 1. The van der Waals surface area contributed by atoms with Crippen LogP contribution in [0.1, 0.15) is 20.3 Å². The van der Waals surface area contributed by atoms with Crippen molar-refractivity contribution in [1.29, 1.82) is 0 Å². The van der Waals surface area contributed by atoms with Crippen LogP contribution in [0.4, 0.5) is 0 Å². The lowest BCUT2D eigenvalue weighted by Gasteiger charge is -2.22. The Labute approximate surface area is 85.7 Å². The van der Waals surface area contributed by atoms with E-state index in [0.717, 1.165) is 11.7 Å². The summed E-state index contributed by atoms with van der Waals surface area (Å²) in [4.78, 5) is 0. The molecule has 0 aromatic heterocycles. The lowest BCUT2D eigenvalue weighted by Crippen LogP contribution is -2.15. The minimum absolute atomic E-state index is 0.0786. The van der Waals surface area contributed by atoms with Gasteiger partial charge in [-0.05, 0) is 18.6 Å². The largest absolute Gasteiger partial charge is 0.328 e. The third kappa shape index (κ3) is 2.08. The zero-order valence-electron chi connectivity index (χ0n) is 8.93. The van der Waals surface area contributed by atoms with E-state index in [0.29, 0.717) is 0 Å². The number of rotatable bonds is 4. The molecule has 0 amide bonds. The maximum Gasteiger partial charge on any atom is 0.234 e. The molecule has 1 aromatic carbocycles. The van der Waals surface area contributed by atoms with Gasteiger partial charge in [0.05, 0.1) is 0 Å². The van der Waals surface area contributed by atoms with Gasteiger partial charge in [-0.2, -0.15) is 0 Å². The fourth-order valence-electron chi connectivity index (χ4n) is 1.42. The van der Waals surface area contributed by atoms with E-state index in [2.05, 4.69) is 0 Å². The van der Waals surface area contributed by atoms with Crippen LogP contribution in [-0.4, -0.2) is 12.8 Å². The molecule has 0 aliphatic heterocycles. The molecule has 78 valence electrons. The highest BCUT2D eigenvalue weighted by Crippen LogP contribution is 2.50. The Morgan fingerprint density at radius 3 is 2.36 bits per heavy atom. The second kappa shape index (κ2) is 4.77. The first-order valence-corrected chi connectivity index (χ1v) is 6.55. The monoisotopic (exact) mass is 212 g/mol. The molecule has 0 radical (unpaired) electrons. The second-order valence-corrected chi connectivity index (χ2v) is 6.33. The molecule has 0 N–H and O–H groups in total. The summed E-state index contributed by atoms with van der Waals surface area (Å²) < 4.78 is 17.7. The molecule has 0 saturated carbocycles. The van der Waals surface area contributed by atoms with Gasteiger partial charge in [-0.1, -0.05) is 32.0 Å². The summed E-state index contributed by atoms with van der Waals surface area (Å²) in [5.74, 6) is 0. The van der Waals surface area contributed by atoms with Crippen LogP contribution in [0.5, 0.6) is 0 Å². The van der Waals surface area contributed by atoms with E-state index in [-0.39, 0.29) is 5.66 Å². The van der Waals surface area contributed by atoms with Crippen LogP contribution in [0.2, 0.25) is 0 Å². The van der Waals surface area contributed by atoms with Crippen molar-refractivity contribution in [3.05, 3.63) is 30.3 Å². The molecule has 0 fully saturated rings. The van der Waals surface area contributed by atoms with Crippen LogP contribution in [0.3, 0.4) is 0 Å². The van der Waals surface area contributed by atoms with Gasteiger partial charge in [-0.3, -0.25) is 4.57 Å². The molecule has 0 spiro atoms. The van der Waals surface area contributed by atoms with Crippen molar-refractivity contribution in [1.82, 2.24) is 0 Å². The topological polar surface area (TPSA) is 26.3 Å². The predicted molar refractivity (Wildman–Crippen MR) is 60.4 cm³/mol. The van der Waals surface area contributed by atoms with E-state index in [1.54, 1.807) is 0 Å². The Kier molecular flexibility index (Phi) is 3.91. The first-order valence-electron chi connectivity index (χ1n) is 4.86. The Balaban J connectivity index is 3.09. The third-order valence-corrected chi connectivity index (χ3v) is 5.64. The second-order valence-electron chi connectivity index (χ2n) is 3.37. The van der Waals surface area contributed by atoms with Crippen molar-refractivity contribution in [2.45, 2.75) is 25.9 Å². The number of hydrogen-bond acceptors (Lipinski definition) is 2. The quantitative estimate of drug-likeness (QED) is 0.717. The molecule has 1 aromatic rings. The standard InChI is InChI=1S/C11H17O2P/c1-4-10(2)14(12,13-3)11-8-6-5-7-9-11/h5-10H,4H2,1-3H3. The van der Waals surface area contributed by atoms with Crippen molar-refractivity contribution >= 4 is 12.7 Å². The maximum absolute atomic E-state index is 12.5. The van der Waals surface area contributed by atoms with Crippen molar-refractivity contribution in [3.8, 4) is 0 Å². The van der Waals surface area contributed by atoms with Crippen LogP contribution in [-0.2, 0) is 9.09 Å². The molecule has 2 atom stereocenters. The summed E-state index contributed by atoms with van der Waals surface area (Å²) in [5, 5.41) is 0.817. The summed E-state index contributed by atoms with van der Waals surface area (Å²) in [7, 11) is -1.12. The third-order valence-electron chi connectivity index (χ3n) is 2.56. The summed E-state index contributed by atoms with van der Waals surface area (Å²) in [6.45, 7) is 4.00. The normalized spacial score (nSPS) is 17.4. The van der Waals surface area contributed by atoms with Crippen LogP contribution < -0.4 is 5.30 Å². The lowest BCUT2D eigenvalue weighted by atomic mass is 10.4. The first kappa shape index (κ1) is 11.5. The van der Waals surface area contributed by atoms with E-state index in [1.165, 1.54) is 7.11 Å². The van der Waals surface area contributed by atoms with Gasteiger partial charge >= 0.3 is 0 Å². The van der Waals surface area contributed by atoms with E-state index in [1.807, 2.05) is 44.2 Å². The van der Waals surface area contributed by atoms with E-state index in [4.69, 9.17) is 4.52 Å². The highest BCUT2D eigenvalue weighted by Gasteiger charge is 2.30. The molecule has 0 bridgehead atoms. The summed E-state index contributed by atoms with van der Waals surface area (Å²) in [6, 6.07) is 9.44. The number of hydrogen-bond donors (Lipinski definition) is 0. The maximum atomic E-state index is 12.5. The van der Waals surface area contributed by atoms with E-state index >= 15 is 0 Å². The summed E-state index contributed by atoms with van der Waals surface area (Å²) in [5.41, 5.74) is 0.0786. The van der Waals surface area contributed by atoms with Gasteiger partial charge in [-0.15, -0.1) is 0 Å². The predicted octanol–water partition coefficient (Wildman–Crippen LogP) is 3.03. The van der Waals surface area contributed by atoms with Crippen molar-refractivity contribution in [3.63, 3.8) is 0 Å². The molecule has 2 nitrogen and oxygen atoms in total. The molecule has 3 heteroatoms. The van der Waals surface area contributed by atoms with Gasteiger partial charge < -0.3 is 4.52 Å². The highest BCUT2D eigenvalue weighted by molar-refractivity contribution is 7.67. The van der Waals surface area contributed by atoms with Gasteiger partial charge in [0.1, 0.15) is 0 Å². The van der Waals surface area contributed by atoms with E-state index < -0.39 is 7.37 Å². The summed E-state index contributed by atoms with van der Waals surface area (Å²) >= 11 is 0. The fourth-order valence-corrected chi connectivity index (χ4v) is 3.56.